The van der Waals surface area contributed by atoms with Crippen molar-refractivity contribution in [1.29, 1.82) is 0 Å². The van der Waals surface area contributed by atoms with Crippen molar-refractivity contribution in [2.45, 2.75) is 57.1 Å². The normalized spacial score (nSPS) is 53.5. The van der Waals surface area contributed by atoms with Gasteiger partial charge in [0.05, 0.1) is 0 Å². The predicted octanol–water partition coefficient (Wildman–Crippen LogP) is 0.121. The van der Waals surface area contributed by atoms with E-state index in [1.165, 1.54) is 20.8 Å². The van der Waals surface area contributed by atoms with Crippen LogP contribution in [0.5, 0.6) is 0 Å². The first-order valence-electron chi connectivity index (χ1n) is 5.38. The highest BCUT2D eigenvalue weighted by Crippen LogP contribution is 2.54. The Hall–Kier alpha value is -0.820. The summed E-state index contributed by atoms with van der Waals surface area (Å²) in [5, 5.41) is 10.4. The summed E-state index contributed by atoms with van der Waals surface area (Å²) in [6.45, 7) is 5.76. The van der Waals surface area contributed by atoms with Gasteiger partial charge in [-0.25, -0.2) is 0 Å². The van der Waals surface area contributed by atoms with E-state index in [4.69, 9.17) is 14.2 Å². The molecule has 6 nitrogen and oxygen atoms in total. The molecular formula is C11H16O6. The minimum Gasteiger partial charge on any atom is -0.361 e. The van der Waals surface area contributed by atoms with Crippen LogP contribution in [0.25, 0.3) is 0 Å². The number of ether oxygens (including phenoxy) is 3. The summed E-state index contributed by atoms with van der Waals surface area (Å²) < 4.78 is 16.1. The number of Topliss-reactive ketones (excluding diaryl/α,β-unsaturated/α-hetero) is 1. The van der Waals surface area contributed by atoms with Gasteiger partial charge in [-0.1, -0.05) is 0 Å². The summed E-state index contributed by atoms with van der Waals surface area (Å²) in [5.74, 6) is -5.12. The first kappa shape index (κ1) is 12.6. The fourth-order valence-corrected chi connectivity index (χ4v) is 2.38. The Labute approximate surface area is 98.8 Å². The van der Waals surface area contributed by atoms with Crippen molar-refractivity contribution in [2.75, 3.05) is 0 Å². The molecule has 6 heteroatoms. The van der Waals surface area contributed by atoms with E-state index in [1.54, 1.807) is 6.92 Å². The molecule has 2 fully saturated rings. The number of aliphatic hydroxyl groups is 1. The van der Waals surface area contributed by atoms with Crippen LogP contribution in [0.15, 0.2) is 0 Å². The Balaban J connectivity index is 2.36. The van der Waals surface area contributed by atoms with Crippen LogP contribution in [-0.4, -0.2) is 40.1 Å². The molecule has 2 aliphatic heterocycles. The molecule has 2 rings (SSSR count). The lowest BCUT2D eigenvalue weighted by Gasteiger charge is -2.28. The smallest absolute Gasteiger partial charge is 0.228 e. The molecule has 2 unspecified atom stereocenters. The molecule has 0 aromatic rings. The molecule has 2 saturated heterocycles. The van der Waals surface area contributed by atoms with Gasteiger partial charge in [0.1, 0.15) is 5.60 Å². The standard InChI is InChI=1S/C11H16O6/c1-7(13)8(2)5-11(14)10(4,15-8)16-9(3,6-12)17-11/h6,14H,5H2,1-4H3/t8-,9+,10?,11?/m0/s1. The second kappa shape index (κ2) is 3.14. The first-order chi connectivity index (χ1) is 7.58. The van der Waals surface area contributed by atoms with Crippen molar-refractivity contribution in [2.24, 2.45) is 0 Å². The van der Waals surface area contributed by atoms with E-state index >= 15 is 0 Å². The van der Waals surface area contributed by atoms with Gasteiger partial charge in [0.15, 0.2) is 12.1 Å². The molecule has 0 aliphatic carbocycles. The molecule has 0 bridgehead atoms. The predicted molar refractivity (Wildman–Crippen MR) is 54.8 cm³/mol. The van der Waals surface area contributed by atoms with E-state index in [0.717, 1.165) is 0 Å². The Morgan fingerprint density at radius 1 is 1.24 bits per heavy atom. The van der Waals surface area contributed by atoms with Crippen LogP contribution in [0.1, 0.15) is 34.1 Å². The molecule has 2 aliphatic rings. The maximum atomic E-state index is 11.5. The highest BCUT2D eigenvalue weighted by Gasteiger charge is 2.72. The number of fused-ring (bicyclic) bond motifs is 1. The van der Waals surface area contributed by atoms with Crippen LogP contribution in [0, 0.1) is 0 Å². The Morgan fingerprint density at radius 3 is 2.24 bits per heavy atom. The number of hydrogen-bond donors (Lipinski definition) is 1. The van der Waals surface area contributed by atoms with E-state index < -0.39 is 23.0 Å². The third kappa shape index (κ3) is 1.55. The number of carbonyl (C=O) groups is 2. The second-order valence-electron chi connectivity index (χ2n) is 5.13. The highest BCUT2D eigenvalue weighted by atomic mass is 16.9. The third-order valence-corrected chi connectivity index (χ3v) is 3.43. The number of carbonyl (C=O) groups excluding carboxylic acids is 2. The van der Waals surface area contributed by atoms with Gasteiger partial charge in [-0.3, -0.25) is 9.59 Å². The number of ketones is 1. The zero-order valence-electron chi connectivity index (χ0n) is 10.3. The lowest BCUT2D eigenvalue weighted by Crippen LogP contribution is -2.45. The molecule has 0 saturated carbocycles. The average molecular weight is 244 g/mol. The molecule has 0 aromatic carbocycles. The molecule has 0 aromatic heterocycles. The van der Waals surface area contributed by atoms with E-state index in [9.17, 15) is 14.7 Å². The van der Waals surface area contributed by atoms with Crippen molar-refractivity contribution in [3.8, 4) is 0 Å². The SMILES string of the molecule is CC(=O)[C@]1(C)CC2(O)O[C@](C)(C=O)OC2(C)O1. The van der Waals surface area contributed by atoms with E-state index in [2.05, 4.69) is 0 Å². The van der Waals surface area contributed by atoms with E-state index in [-0.39, 0.29) is 12.2 Å². The Kier molecular flexibility index (Phi) is 2.33. The molecular weight excluding hydrogens is 228 g/mol. The largest absolute Gasteiger partial charge is 0.361 e. The van der Waals surface area contributed by atoms with E-state index in [0.29, 0.717) is 6.29 Å². The zero-order valence-corrected chi connectivity index (χ0v) is 10.3. The minimum atomic E-state index is -1.80. The Morgan fingerprint density at radius 2 is 1.82 bits per heavy atom. The van der Waals surface area contributed by atoms with Crippen molar-refractivity contribution < 1.29 is 28.9 Å². The summed E-state index contributed by atoms with van der Waals surface area (Å²) in [6.07, 6.45) is 0.373. The van der Waals surface area contributed by atoms with E-state index in [1.807, 2.05) is 0 Å². The van der Waals surface area contributed by atoms with Crippen molar-refractivity contribution in [3.63, 3.8) is 0 Å². The van der Waals surface area contributed by atoms with Crippen LogP contribution in [0.4, 0.5) is 0 Å². The third-order valence-electron chi connectivity index (χ3n) is 3.43. The lowest BCUT2D eigenvalue weighted by molar-refractivity contribution is -0.270. The van der Waals surface area contributed by atoms with Gasteiger partial charge in [-0.2, -0.15) is 0 Å². The summed E-state index contributed by atoms with van der Waals surface area (Å²) in [4.78, 5) is 22.4. The fourth-order valence-electron chi connectivity index (χ4n) is 2.38. The van der Waals surface area contributed by atoms with Crippen LogP contribution in [0.3, 0.4) is 0 Å². The molecule has 96 valence electrons. The summed E-state index contributed by atoms with van der Waals surface area (Å²) in [7, 11) is 0. The van der Waals surface area contributed by atoms with Crippen molar-refractivity contribution >= 4 is 12.1 Å². The number of aldehydes is 1. The van der Waals surface area contributed by atoms with Gasteiger partial charge in [-0.05, 0) is 27.7 Å². The average Bonchev–Trinajstić information content (AvgIpc) is 2.44. The first-order valence-corrected chi connectivity index (χ1v) is 5.38. The zero-order chi connectivity index (χ0) is 13.1. The van der Waals surface area contributed by atoms with Crippen LogP contribution >= 0.6 is 0 Å². The maximum absolute atomic E-state index is 11.5. The highest BCUT2D eigenvalue weighted by molar-refractivity contribution is 5.85. The van der Waals surface area contributed by atoms with Gasteiger partial charge in [0, 0.05) is 6.42 Å². The molecule has 17 heavy (non-hydrogen) atoms. The summed E-state index contributed by atoms with van der Waals surface area (Å²) in [5.41, 5.74) is -1.17. The topological polar surface area (TPSA) is 82.1 Å². The maximum Gasteiger partial charge on any atom is 0.228 e. The molecule has 0 radical (unpaired) electrons. The summed E-state index contributed by atoms with van der Waals surface area (Å²) in [6, 6.07) is 0. The van der Waals surface area contributed by atoms with Crippen LogP contribution < -0.4 is 0 Å². The Bertz CT molecular complexity index is 371. The van der Waals surface area contributed by atoms with Crippen LogP contribution in [-0.2, 0) is 23.8 Å². The van der Waals surface area contributed by atoms with Gasteiger partial charge in [-0.15, -0.1) is 0 Å². The lowest BCUT2D eigenvalue weighted by atomic mass is 9.94. The number of hydrogen-bond acceptors (Lipinski definition) is 6. The second-order valence-corrected chi connectivity index (χ2v) is 5.13. The monoisotopic (exact) mass is 244 g/mol. The van der Waals surface area contributed by atoms with Gasteiger partial charge < -0.3 is 19.3 Å². The van der Waals surface area contributed by atoms with Crippen molar-refractivity contribution in [3.05, 3.63) is 0 Å². The van der Waals surface area contributed by atoms with Crippen molar-refractivity contribution in [1.82, 2.24) is 0 Å². The molecule has 1 N–H and O–H groups in total. The summed E-state index contributed by atoms with van der Waals surface area (Å²) >= 11 is 0. The molecule has 4 atom stereocenters. The fraction of sp³-hybridized carbons (Fsp3) is 0.818. The molecule has 0 amide bonds. The molecule has 0 spiro atoms. The molecule has 2 heterocycles. The number of rotatable bonds is 2. The quantitative estimate of drug-likeness (QED) is 0.695. The van der Waals surface area contributed by atoms with Gasteiger partial charge >= 0.3 is 0 Å². The van der Waals surface area contributed by atoms with Gasteiger partial charge in [0.2, 0.25) is 17.4 Å². The minimum absolute atomic E-state index is 0.0741. The van der Waals surface area contributed by atoms with Crippen LogP contribution in [0.2, 0.25) is 0 Å². The van der Waals surface area contributed by atoms with Gasteiger partial charge in [0.25, 0.3) is 0 Å².